The predicted molar refractivity (Wildman–Crippen MR) is 78.4 cm³/mol. The third-order valence-corrected chi connectivity index (χ3v) is 3.71. The summed E-state index contributed by atoms with van der Waals surface area (Å²) < 4.78 is 18.9. The van der Waals surface area contributed by atoms with Crippen molar-refractivity contribution in [3.05, 3.63) is 65.5 Å². The lowest BCUT2D eigenvalue weighted by atomic mass is 10.0. The summed E-state index contributed by atoms with van der Waals surface area (Å²) in [6.07, 6.45) is 0.316. The van der Waals surface area contributed by atoms with Crippen molar-refractivity contribution in [2.24, 2.45) is 0 Å². The highest BCUT2D eigenvalue weighted by Crippen LogP contribution is 2.28. The van der Waals surface area contributed by atoms with E-state index in [-0.39, 0.29) is 11.9 Å². The lowest BCUT2D eigenvalue weighted by Crippen LogP contribution is -2.44. The Hall–Kier alpha value is -1.91. The highest BCUT2D eigenvalue weighted by Gasteiger charge is 2.26. The molecule has 0 aliphatic carbocycles. The number of aryl methyl sites for hydroxylation is 1. The van der Waals surface area contributed by atoms with Gasteiger partial charge >= 0.3 is 0 Å². The number of nitrogens with one attached hydrogen (secondary N) is 1. The number of fused-ring (bicyclic) bond motifs is 1. The van der Waals surface area contributed by atoms with Crippen LogP contribution in [0.15, 0.2) is 48.5 Å². The minimum atomic E-state index is -0.747. The second-order valence-electron chi connectivity index (χ2n) is 5.26. The van der Waals surface area contributed by atoms with E-state index in [2.05, 4.69) is 5.32 Å². The van der Waals surface area contributed by atoms with E-state index in [0.29, 0.717) is 25.1 Å². The van der Waals surface area contributed by atoms with E-state index in [1.54, 1.807) is 6.07 Å². The van der Waals surface area contributed by atoms with Crippen LogP contribution in [0.3, 0.4) is 0 Å². The van der Waals surface area contributed by atoms with Gasteiger partial charge in [0.15, 0.2) is 0 Å². The van der Waals surface area contributed by atoms with Crippen LogP contribution in [0, 0.1) is 5.82 Å². The lowest BCUT2D eigenvalue weighted by Gasteiger charge is -2.30. The maximum atomic E-state index is 13.1. The molecule has 0 saturated heterocycles. The number of aliphatic hydroxyl groups excluding tert-OH is 1. The zero-order chi connectivity index (χ0) is 14.7. The number of halogens is 1. The van der Waals surface area contributed by atoms with Crippen LogP contribution in [0.4, 0.5) is 4.39 Å². The van der Waals surface area contributed by atoms with Gasteiger partial charge in [-0.05, 0) is 42.2 Å². The minimum absolute atomic E-state index is 0.251. The van der Waals surface area contributed by atoms with Crippen molar-refractivity contribution in [2.45, 2.75) is 31.7 Å². The van der Waals surface area contributed by atoms with Crippen molar-refractivity contribution in [3.8, 4) is 5.75 Å². The molecule has 1 aliphatic heterocycles. The highest BCUT2D eigenvalue weighted by atomic mass is 19.1. The van der Waals surface area contributed by atoms with Crippen LogP contribution in [0.2, 0.25) is 0 Å². The molecule has 1 aliphatic rings. The molecule has 0 amide bonds. The van der Waals surface area contributed by atoms with Crippen LogP contribution in [-0.4, -0.2) is 17.4 Å². The molecule has 21 heavy (non-hydrogen) atoms. The summed E-state index contributed by atoms with van der Waals surface area (Å²) >= 11 is 0. The smallest absolute Gasteiger partial charge is 0.142 e. The number of rotatable bonds is 4. The van der Waals surface area contributed by atoms with Gasteiger partial charge in [0.2, 0.25) is 0 Å². The number of benzene rings is 2. The quantitative estimate of drug-likeness (QED) is 0.849. The third kappa shape index (κ3) is 3.40. The van der Waals surface area contributed by atoms with Gasteiger partial charge < -0.3 is 9.84 Å². The Morgan fingerprint density at radius 1 is 1.24 bits per heavy atom. The number of hydrogen-bond acceptors (Lipinski definition) is 3. The number of hydrogen-bond donors (Lipinski definition) is 2. The summed E-state index contributed by atoms with van der Waals surface area (Å²) in [5.41, 5.74) is 1.97. The van der Waals surface area contributed by atoms with Gasteiger partial charge in [0.1, 0.15) is 23.9 Å². The molecule has 2 aromatic carbocycles. The topological polar surface area (TPSA) is 41.5 Å². The molecule has 0 saturated carbocycles. The van der Waals surface area contributed by atoms with Crippen molar-refractivity contribution >= 4 is 0 Å². The van der Waals surface area contributed by atoms with Crippen LogP contribution in [0.5, 0.6) is 5.75 Å². The molecule has 3 nitrogen and oxygen atoms in total. The van der Waals surface area contributed by atoms with Crippen molar-refractivity contribution in [3.63, 3.8) is 0 Å². The molecule has 3 rings (SSSR count). The van der Waals surface area contributed by atoms with Crippen LogP contribution in [-0.2, 0) is 13.0 Å². The zero-order valence-electron chi connectivity index (χ0n) is 11.6. The largest absolute Gasteiger partial charge is 0.486 e. The van der Waals surface area contributed by atoms with E-state index in [9.17, 15) is 9.50 Å². The van der Waals surface area contributed by atoms with E-state index >= 15 is 0 Å². The van der Waals surface area contributed by atoms with Crippen LogP contribution in [0.25, 0.3) is 0 Å². The monoisotopic (exact) mass is 287 g/mol. The molecule has 0 fully saturated rings. The number of ether oxygens (including phenoxy) is 1. The average molecular weight is 287 g/mol. The van der Waals surface area contributed by atoms with Gasteiger partial charge in [-0.15, -0.1) is 0 Å². The molecule has 0 radical (unpaired) electrons. The van der Waals surface area contributed by atoms with Gasteiger partial charge in [0.05, 0.1) is 0 Å². The molecular formula is C17H18FNO2. The Morgan fingerprint density at radius 3 is 2.86 bits per heavy atom. The molecule has 0 spiro atoms. The fourth-order valence-electron chi connectivity index (χ4n) is 2.55. The Balaban J connectivity index is 1.59. The average Bonchev–Trinajstić information content (AvgIpc) is 2.53. The molecule has 0 bridgehead atoms. The van der Waals surface area contributed by atoms with Crippen molar-refractivity contribution in [1.82, 2.24) is 5.32 Å². The van der Waals surface area contributed by atoms with Crippen molar-refractivity contribution in [1.29, 1.82) is 0 Å². The first kappa shape index (κ1) is 14.0. The van der Waals surface area contributed by atoms with Gasteiger partial charge in [0, 0.05) is 6.54 Å². The Bertz CT molecular complexity index is 603. The first-order valence-corrected chi connectivity index (χ1v) is 7.13. The summed E-state index contributed by atoms with van der Waals surface area (Å²) in [7, 11) is 0. The van der Waals surface area contributed by atoms with Gasteiger partial charge in [-0.2, -0.15) is 0 Å². The Morgan fingerprint density at radius 2 is 2.05 bits per heavy atom. The summed E-state index contributed by atoms with van der Waals surface area (Å²) in [4.78, 5) is 0. The number of aliphatic hydroxyl groups is 1. The lowest BCUT2D eigenvalue weighted by molar-refractivity contribution is 0.00172. The predicted octanol–water partition coefficient (Wildman–Crippen LogP) is 2.63. The minimum Gasteiger partial charge on any atom is -0.486 e. The van der Waals surface area contributed by atoms with Crippen LogP contribution >= 0.6 is 0 Å². The Kier molecular flexibility index (Phi) is 4.18. The molecule has 0 aromatic heterocycles. The molecule has 2 N–H and O–H groups in total. The first-order chi connectivity index (χ1) is 10.2. The van der Waals surface area contributed by atoms with Gasteiger partial charge in [-0.25, -0.2) is 4.39 Å². The molecule has 1 heterocycles. The van der Waals surface area contributed by atoms with Gasteiger partial charge in [-0.3, -0.25) is 5.32 Å². The van der Waals surface area contributed by atoms with Crippen molar-refractivity contribution in [2.75, 3.05) is 0 Å². The van der Waals surface area contributed by atoms with Crippen molar-refractivity contribution < 1.29 is 14.2 Å². The second kappa shape index (κ2) is 6.24. The normalized spacial score (nSPS) is 18.7. The second-order valence-corrected chi connectivity index (χ2v) is 5.26. The summed E-state index contributed by atoms with van der Waals surface area (Å²) in [5.74, 6) is 0.409. The highest BCUT2D eigenvalue weighted by molar-refractivity contribution is 5.35. The molecule has 110 valence electrons. The SMILES string of the molecule is O[C@@H](NCc1ccccc1)[C@@H]1CCc2cc(F)ccc2O1. The van der Waals surface area contributed by atoms with Gasteiger partial charge in [-0.1, -0.05) is 30.3 Å². The molecular weight excluding hydrogens is 269 g/mol. The van der Waals surface area contributed by atoms with Crippen LogP contribution in [0.1, 0.15) is 17.5 Å². The fraction of sp³-hybridized carbons (Fsp3) is 0.294. The summed E-state index contributed by atoms with van der Waals surface area (Å²) in [5, 5.41) is 13.3. The molecule has 0 unspecified atom stereocenters. The summed E-state index contributed by atoms with van der Waals surface area (Å²) in [6.45, 7) is 0.581. The van der Waals surface area contributed by atoms with Gasteiger partial charge in [0.25, 0.3) is 0 Å². The fourth-order valence-corrected chi connectivity index (χ4v) is 2.55. The standard InChI is InChI=1S/C17H18FNO2/c18-14-7-9-15-13(10-14)6-8-16(21-15)17(20)19-11-12-4-2-1-3-5-12/h1-5,7,9-10,16-17,19-20H,6,8,11H2/t16-,17+/m0/s1. The molecule has 4 heteroatoms. The van der Waals surface area contributed by atoms with E-state index in [1.165, 1.54) is 12.1 Å². The maximum absolute atomic E-state index is 13.1. The van der Waals surface area contributed by atoms with Crippen LogP contribution < -0.4 is 10.1 Å². The van der Waals surface area contributed by atoms with E-state index in [0.717, 1.165) is 11.1 Å². The third-order valence-electron chi connectivity index (χ3n) is 3.71. The van der Waals surface area contributed by atoms with E-state index in [4.69, 9.17) is 4.74 Å². The Labute approximate surface area is 123 Å². The molecule has 2 atom stereocenters. The zero-order valence-corrected chi connectivity index (χ0v) is 11.6. The van der Waals surface area contributed by atoms with E-state index in [1.807, 2.05) is 30.3 Å². The first-order valence-electron chi connectivity index (χ1n) is 7.13. The molecule has 2 aromatic rings. The van der Waals surface area contributed by atoms with E-state index < -0.39 is 6.23 Å². The summed E-state index contributed by atoms with van der Waals surface area (Å²) in [6, 6.07) is 14.4. The maximum Gasteiger partial charge on any atom is 0.142 e.